The van der Waals surface area contributed by atoms with Crippen LogP contribution >= 0.6 is 0 Å². The zero-order valence-corrected chi connectivity index (χ0v) is 14.3. The van der Waals surface area contributed by atoms with Gasteiger partial charge in [-0.05, 0) is 20.3 Å². The van der Waals surface area contributed by atoms with Crippen molar-refractivity contribution in [2.45, 2.75) is 46.8 Å². The number of fused-ring (bicyclic) bond motifs is 1. The number of ether oxygens (including phenoxy) is 2. The van der Waals surface area contributed by atoms with Gasteiger partial charge in [-0.1, -0.05) is 20.4 Å². The minimum absolute atomic E-state index is 0.254. The third kappa shape index (κ3) is 3.91. The molecule has 0 aliphatic rings. The first-order valence-corrected chi connectivity index (χ1v) is 8.06. The van der Waals surface area contributed by atoms with E-state index < -0.39 is 0 Å². The summed E-state index contributed by atoms with van der Waals surface area (Å²) >= 11 is 0. The van der Waals surface area contributed by atoms with E-state index >= 15 is 0 Å². The summed E-state index contributed by atoms with van der Waals surface area (Å²) in [4.78, 5) is 13.3. The van der Waals surface area contributed by atoms with E-state index in [9.17, 15) is 0 Å². The Bertz CT molecular complexity index is 668. The van der Waals surface area contributed by atoms with Gasteiger partial charge in [0.05, 0.1) is 12.4 Å². The van der Waals surface area contributed by atoms with E-state index in [0.717, 1.165) is 25.1 Å². The number of aromatic nitrogens is 4. The van der Waals surface area contributed by atoms with Crippen LogP contribution in [-0.4, -0.2) is 32.7 Å². The highest BCUT2D eigenvalue weighted by molar-refractivity contribution is 5.77. The van der Waals surface area contributed by atoms with Crippen LogP contribution in [0.15, 0.2) is 18.7 Å². The quantitative estimate of drug-likeness (QED) is 0.713. The molecule has 0 aliphatic carbocycles. The maximum atomic E-state index is 5.78. The Kier molecular flexibility index (Phi) is 5.78. The fourth-order valence-corrected chi connectivity index (χ4v) is 2.09. The van der Waals surface area contributed by atoms with Crippen molar-refractivity contribution in [1.82, 2.24) is 19.5 Å². The molecular formula is C16H25N5O2. The minimum atomic E-state index is -0.254. The van der Waals surface area contributed by atoms with E-state index in [-0.39, 0.29) is 6.23 Å². The molecule has 1 unspecified atom stereocenters. The average molecular weight is 319 g/mol. The van der Waals surface area contributed by atoms with Crippen LogP contribution in [0, 0.1) is 0 Å². The number of imidazole rings is 1. The molecule has 2 heterocycles. The largest absolute Gasteiger partial charge is 0.476 e. The minimum Gasteiger partial charge on any atom is -0.476 e. The zero-order chi connectivity index (χ0) is 16.8. The lowest BCUT2D eigenvalue weighted by atomic mass is 10.4. The lowest BCUT2D eigenvalue weighted by molar-refractivity contribution is 0.0724. The topological polar surface area (TPSA) is 74.1 Å². The van der Waals surface area contributed by atoms with Crippen molar-refractivity contribution in [2.75, 3.05) is 18.5 Å². The Balaban J connectivity index is 2.42. The lowest BCUT2D eigenvalue weighted by Gasteiger charge is -2.17. The predicted molar refractivity (Wildman–Crippen MR) is 90.5 cm³/mol. The van der Waals surface area contributed by atoms with E-state index in [2.05, 4.69) is 33.8 Å². The molecule has 0 saturated heterocycles. The number of rotatable bonds is 9. The van der Waals surface area contributed by atoms with Crippen molar-refractivity contribution in [3.8, 4) is 5.88 Å². The smallest absolute Gasteiger partial charge is 0.247 e. The van der Waals surface area contributed by atoms with Crippen LogP contribution < -0.4 is 10.1 Å². The molecule has 1 N–H and O–H groups in total. The summed E-state index contributed by atoms with van der Waals surface area (Å²) in [6.07, 6.45) is 3.19. The van der Waals surface area contributed by atoms with Crippen molar-refractivity contribution in [3.05, 3.63) is 18.7 Å². The van der Waals surface area contributed by atoms with E-state index in [1.54, 1.807) is 6.33 Å². The molecule has 1 atom stereocenters. The van der Waals surface area contributed by atoms with Gasteiger partial charge in [0.2, 0.25) is 11.8 Å². The van der Waals surface area contributed by atoms with Crippen LogP contribution in [-0.2, 0) is 4.74 Å². The normalized spacial score (nSPS) is 12.2. The monoisotopic (exact) mass is 319 g/mol. The van der Waals surface area contributed by atoms with Crippen molar-refractivity contribution in [3.63, 3.8) is 0 Å². The number of hydrogen-bond donors (Lipinski definition) is 1. The molecule has 0 spiro atoms. The summed E-state index contributed by atoms with van der Waals surface area (Å²) < 4.78 is 13.2. The Labute approximate surface area is 136 Å². The van der Waals surface area contributed by atoms with Crippen molar-refractivity contribution >= 4 is 17.1 Å². The van der Waals surface area contributed by atoms with E-state index in [0.29, 0.717) is 29.6 Å². The number of anilines is 1. The molecular weight excluding hydrogens is 294 g/mol. The van der Waals surface area contributed by atoms with E-state index in [4.69, 9.17) is 9.47 Å². The molecule has 0 bridgehead atoms. The molecule has 2 aromatic heterocycles. The van der Waals surface area contributed by atoms with Crippen LogP contribution in [0.2, 0.25) is 0 Å². The molecule has 7 nitrogen and oxygen atoms in total. The molecule has 0 radical (unpaired) electrons. The third-order valence-electron chi connectivity index (χ3n) is 3.33. The highest BCUT2D eigenvalue weighted by Crippen LogP contribution is 2.26. The van der Waals surface area contributed by atoms with Crippen molar-refractivity contribution < 1.29 is 9.47 Å². The Morgan fingerprint density at radius 3 is 2.78 bits per heavy atom. The number of nitrogens with zero attached hydrogens (tertiary/aromatic N) is 4. The van der Waals surface area contributed by atoms with E-state index in [1.165, 1.54) is 0 Å². The molecule has 0 aliphatic heterocycles. The highest BCUT2D eigenvalue weighted by Gasteiger charge is 2.18. The fraction of sp³-hybridized carbons (Fsp3) is 0.562. The second-order valence-corrected chi connectivity index (χ2v) is 5.15. The molecule has 0 amide bonds. The number of nitrogens with one attached hydrogen (secondary N) is 1. The van der Waals surface area contributed by atoms with Gasteiger partial charge in [0.15, 0.2) is 17.4 Å². The van der Waals surface area contributed by atoms with E-state index in [1.807, 2.05) is 25.3 Å². The SMILES string of the molecule is C=C(CC)OC(C)n1cnc2c(OCC)nc(NCCC)nc21. The summed E-state index contributed by atoms with van der Waals surface area (Å²) in [5.41, 5.74) is 1.31. The highest BCUT2D eigenvalue weighted by atomic mass is 16.5. The summed E-state index contributed by atoms with van der Waals surface area (Å²) in [5.74, 6) is 1.74. The van der Waals surface area contributed by atoms with Crippen molar-refractivity contribution in [1.29, 1.82) is 0 Å². The molecule has 0 aromatic carbocycles. The van der Waals surface area contributed by atoms with Gasteiger partial charge in [-0.3, -0.25) is 4.57 Å². The molecule has 126 valence electrons. The lowest BCUT2D eigenvalue weighted by Crippen LogP contribution is -2.11. The molecule has 2 rings (SSSR count). The third-order valence-corrected chi connectivity index (χ3v) is 3.33. The van der Waals surface area contributed by atoms with Gasteiger partial charge in [-0.25, -0.2) is 4.98 Å². The van der Waals surface area contributed by atoms with Crippen LogP contribution in [0.5, 0.6) is 5.88 Å². The molecule has 23 heavy (non-hydrogen) atoms. The summed E-state index contributed by atoms with van der Waals surface area (Å²) in [5, 5.41) is 3.19. The van der Waals surface area contributed by atoms with Gasteiger partial charge < -0.3 is 14.8 Å². The molecule has 0 fully saturated rings. The van der Waals surface area contributed by atoms with Gasteiger partial charge in [0, 0.05) is 13.0 Å². The van der Waals surface area contributed by atoms with Gasteiger partial charge in [0.25, 0.3) is 0 Å². The second-order valence-electron chi connectivity index (χ2n) is 5.15. The Morgan fingerprint density at radius 1 is 1.35 bits per heavy atom. The maximum absolute atomic E-state index is 5.78. The Morgan fingerprint density at radius 2 is 2.13 bits per heavy atom. The molecule has 2 aromatic rings. The molecule has 7 heteroatoms. The number of hydrogen-bond acceptors (Lipinski definition) is 6. The first kappa shape index (κ1) is 17.1. The summed E-state index contributed by atoms with van der Waals surface area (Å²) in [6, 6.07) is 0. The van der Waals surface area contributed by atoms with Gasteiger partial charge in [-0.2, -0.15) is 9.97 Å². The summed E-state index contributed by atoms with van der Waals surface area (Å²) in [7, 11) is 0. The summed E-state index contributed by atoms with van der Waals surface area (Å²) in [6.45, 7) is 13.1. The zero-order valence-electron chi connectivity index (χ0n) is 14.3. The van der Waals surface area contributed by atoms with Crippen molar-refractivity contribution in [2.24, 2.45) is 0 Å². The maximum Gasteiger partial charge on any atom is 0.247 e. The Hall–Kier alpha value is -2.31. The van der Waals surface area contributed by atoms with Gasteiger partial charge >= 0.3 is 0 Å². The van der Waals surface area contributed by atoms with Crippen LogP contribution in [0.3, 0.4) is 0 Å². The van der Waals surface area contributed by atoms with Gasteiger partial charge in [-0.15, -0.1) is 0 Å². The average Bonchev–Trinajstić information content (AvgIpc) is 2.97. The van der Waals surface area contributed by atoms with Crippen LogP contribution in [0.4, 0.5) is 5.95 Å². The first-order valence-electron chi connectivity index (χ1n) is 8.06. The standard InChI is InChI=1S/C16H25N5O2/c1-6-9-17-16-19-14-13(15(20-16)22-8-3)18-10-21(14)12(5)23-11(4)7-2/h10,12H,4,6-9H2,1-3,5H3,(H,17,19,20). The fourth-order valence-electron chi connectivity index (χ4n) is 2.09. The van der Waals surface area contributed by atoms with Crippen LogP contribution in [0.25, 0.3) is 11.2 Å². The number of allylic oxidation sites excluding steroid dienone is 1. The predicted octanol–water partition coefficient (Wildman–Crippen LogP) is 3.51. The van der Waals surface area contributed by atoms with Gasteiger partial charge in [0.1, 0.15) is 6.33 Å². The second kappa shape index (κ2) is 7.80. The molecule has 0 saturated carbocycles. The van der Waals surface area contributed by atoms with Crippen LogP contribution in [0.1, 0.15) is 46.8 Å². The first-order chi connectivity index (χ1) is 11.1.